The summed E-state index contributed by atoms with van der Waals surface area (Å²) >= 11 is 0. The van der Waals surface area contributed by atoms with Gasteiger partial charge in [-0.3, -0.25) is 14.0 Å². The summed E-state index contributed by atoms with van der Waals surface area (Å²) in [5.41, 5.74) is 1.95. The highest BCUT2D eigenvalue weighted by Gasteiger charge is 2.25. The van der Waals surface area contributed by atoms with Gasteiger partial charge in [0.2, 0.25) is 0 Å². The third-order valence-corrected chi connectivity index (χ3v) is 4.28. The number of hydrogen-bond donors (Lipinski definition) is 0. The molecular weight excluding hydrogens is 349 g/mol. The summed E-state index contributed by atoms with van der Waals surface area (Å²) in [6.07, 6.45) is 4.69. The molecule has 0 saturated heterocycles. The molecule has 8 heteroatoms. The van der Waals surface area contributed by atoms with Crippen LogP contribution in [0, 0.1) is 5.82 Å². The lowest BCUT2D eigenvalue weighted by Crippen LogP contribution is -2.26. The lowest BCUT2D eigenvalue weighted by Gasteiger charge is -2.13. The van der Waals surface area contributed by atoms with E-state index in [1.165, 1.54) is 16.7 Å². The van der Waals surface area contributed by atoms with Crippen molar-refractivity contribution in [1.82, 2.24) is 19.3 Å². The van der Waals surface area contributed by atoms with E-state index in [1.54, 1.807) is 23.0 Å². The fraction of sp³-hybridized carbons (Fsp3) is 0.263. The van der Waals surface area contributed by atoms with E-state index in [2.05, 4.69) is 15.1 Å². The molecule has 0 fully saturated rings. The Morgan fingerprint density at radius 3 is 2.89 bits per heavy atom. The minimum absolute atomic E-state index is 0.113. The van der Waals surface area contributed by atoms with Crippen molar-refractivity contribution in [3.8, 4) is 11.8 Å². The lowest BCUT2D eigenvalue weighted by atomic mass is 10.1. The van der Waals surface area contributed by atoms with Crippen molar-refractivity contribution in [2.45, 2.75) is 26.3 Å². The summed E-state index contributed by atoms with van der Waals surface area (Å²) in [6.45, 7) is 2.41. The van der Waals surface area contributed by atoms with Crippen LogP contribution in [0.4, 0.5) is 10.2 Å². The normalized spacial score (nSPS) is 12.8. The molecule has 0 amide bonds. The first kappa shape index (κ1) is 17.1. The number of aromatic nitrogens is 4. The van der Waals surface area contributed by atoms with Crippen LogP contribution < -0.4 is 10.3 Å². The first-order valence-electron chi connectivity index (χ1n) is 8.69. The van der Waals surface area contributed by atoms with Gasteiger partial charge in [0.1, 0.15) is 11.6 Å². The summed E-state index contributed by atoms with van der Waals surface area (Å²) in [6, 6.07) is 5.84. The van der Waals surface area contributed by atoms with Crippen LogP contribution in [0.5, 0.6) is 11.8 Å². The topological polar surface area (TPSA) is 74.3 Å². The maximum atomic E-state index is 13.5. The highest BCUT2D eigenvalue weighted by atomic mass is 19.1. The molecule has 4 rings (SSSR count). The van der Waals surface area contributed by atoms with Crippen molar-refractivity contribution < 1.29 is 9.13 Å². The van der Waals surface area contributed by atoms with Crippen LogP contribution in [0.1, 0.15) is 24.5 Å². The summed E-state index contributed by atoms with van der Waals surface area (Å²) in [4.78, 5) is 21.9. The molecule has 138 valence electrons. The molecule has 0 aliphatic carbocycles. The van der Waals surface area contributed by atoms with E-state index in [9.17, 15) is 9.18 Å². The van der Waals surface area contributed by atoms with Crippen LogP contribution >= 0.6 is 0 Å². The summed E-state index contributed by atoms with van der Waals surface area (Å²) in [7, 11) is 1.82. The predicted molar refractivity (Wildman–Crippen MR) is 98.4 cm³/mol. The highest BCUT2D eigenvalue weighted by Crippen LogP contribution is 2.28. The number of nitrogens with zero attached hydrogens (tertiary/aromatic N) is 5. The summed E-state index contributed by atoms with van der Waals surface area (Å²) < 4.78 is 22.3. The minimum atomic E-state index is -0.421. The maximum absolute atomic E-state index is 13.5. The van der Waals surface area contributed by atoms with Crippen LogP contribution in [0.25, 0.3) is 0 Å². The van der Waals surface area contributed by atoms with Gasteiger partial charge in [0.05, 0.1) is 17.5 Å². The van der Waals surface area contributed by atoms with Gasteiger partial charge in [0, 0.05) is 37.8 Å². The number of halogens is 1. The summed E-state index contributed by atoms with van der Waals surface area (Å²) in [5, 5.41) is 4.15. The molecule has 0 spiro atoms. The molecule has 3 aromatic rings. The second kappa shape index (κ2) is 6.79. The molecule has 0 saturated carbocycles. The van der Waals surface area contributed by atoms with Gasteiger partial charge in [0.15, 0.2) is 5.82 Å². The Labute approximate surface area is 154 Å². The molecule has 0 unspecified atom stereocenters. The van der Waals surface area contributed by atoms with Gasteiger partial charge in [-0.15, -0.1) is 0 Å². The molecule has 1 aliphatic heterocycles. The molecule has 27 heavy (non-hydrogen) atoms. The monoisotopic (exact) mass is 367 g/mol. The zero-order chi connectivity index (χ0) is 19.0. The third-order valence-electron chi connectivity index (χ3n) is 4.28. The first-order chi connectivity index (χ1) is 13.0. The van der Waals surface area contributed by atoms with Gasteiger partial charge < -0.3 is 4.74 Å². The molecule has 1 aromatic carbocycles. The average molecular weight is 367 g/mol. The number of ether oxygens (including phenoxy) is 1. The molecular formula is C19H18FN5O2. The van der Waals surface area contributed by atoms with Crippen LogP contribution in [0.2, 0.25) is 0 Å². The average Bonchev–Trinajstić information content (AvgIpc) is 3.25. The van der Waals surface area contributed by atoms with Crippen molar-refractivity contribution >= 4 is 11.5 Å². The highest BCUT2D eigenvalue weighted by molar-refractivity contribution is 6.05. The molecule has 1 aliphatic rings. The van der Waals surface area contributed by atoms with Crippen molar-refractivity contribution in [2.75, 3.05) is 0 Å². The van der Waals surface area contributed by atoms with Crippen molar-refractivity contribution in [2.24, 2.45) is 12.0 Å². The molecule has 0 bridgehead atoms. The number of hydrogen-bond acceptors (Lipinski definition) is 5. The second-order valence-electron chi connectivity index (χ2n) is 6.35. The van der Waals surface area contributed by atoms with Crippen molar-refractivity contribution in [3.63, 3.8) is 0 Å². The SMILES string of the molecule is CCCn1c(Oc2cccc(F)c2)nc2c(c1=O)CC(c1cnn(C)c1)=N2. The molecule has 0 N–H and O–H groups in total. The Hall–Kier alpha value is -3.29. The molecule has 0 atom stereocenters. The zero-order valence-corrected chi connectivity index (χ0v) is 15.0. The standard InChI is InChI=1S/C19H18FN5O2/c1-3-7-25-18(26)15-9-16(12-10-21-24(2)11-12)22-17(15)23-19(25)27-14-6-4-5-13(20)8-14/h4-6,8,10-11H,3,7,9H2,1-2H3. The van der Waals surface area contributed by atoms with Gasteiger partial charge in [0.25, 0.3) is 5.56 Å². The minimum Gasteiger partial charge on any atom is -0.425 e. The zero-order valence-electron chi connectivity index (χ0n) is 15.0. The van der Waals surface area contributed by atoms with Gasteiger partial charge in [-0.25, -0.2) is 9.38 Å². The van der Waals surface area contributed by atoms with E-state index in [-0.39, 0.29) is 17.3 Å². The quantitative estimate of drug-likeness (QED) is 0.695. The van der Waals surface area contributed by atoms with E-state index < -0.39 is 5.82 Å². The molecule has 3 heterocycles. The molecule has 0 radical (unpaired) electrons. The Kier molecular flexibility index (Phi) is 4.31. The van der Waals surface area contributed by atoms with Crippen LogP contribution in [0.3, 0.4) is 0 Å². The van der Waals surface area contributed by atoms with Crippen molar-refractivity contribution in [3.05, 3.63) is 64.0 Å². The lowest BCUT2D eigenvalue weighted by molar-refractivity contribution is 0.393. The largest absolute Gasteiger partial charge is 0.425 e. The predicted octanol–water partition coefficient (Wildman–Crippen LogP) is 3.00. The van der Waals surface area contributed by atoms with Crippen LogP contribution in [-0.2, 0) is 20.0 Å². The molecule has 7 nitrogen and oxygen atoms in total. The second-order valence-corrected chi connectivity index (χ2v) is 6.35. The van der Waals surface area contributed by atoms with Gasteiger partial charge in [-0.2, -0.15) is 10.1 Å². The van der Waals surface area contributed by atoms with Gasteiger partial charge in [-0.1, -0.05) is 13.0 Å². The van der Waals surface area contributed by atoms with Gasteiger partial charge >= 0.3 is 6.01 Å². The smallest absolute Gasteiger partial charge is 0.306 e. The Bertz CT molecular complexity index is 1100. The van der Waals surface area contributed by atoms with E-state index in [1.807, 2.05) is 20.2 Å². The Morgan fingerprint density at radius 2 is 2.19 bits per heavy atom. The fourth-order valence-electron chi connectivity index (χ4n) is 3.02. The number of benzene rings is 1. The Morgan fingerprint density at radius 1 is 1.33 bits per heavy atom. The van der Waals surface area contributed by atoms with Crippen LogP contribution in [-0.4, -0.2) is 25.0 Å². The van der Waals surface area contributed by atoms with Gasteiger partial charge in [-0.05, 0) is 18.6 Å². The number of aliphatic imine (C=N–C) groups is 1. The van der Waals surface area contributed by atoms with E-state index in [0.29, 0.717) is 24.3 Å². The van der Waals surface area contributed by atoms with Crippen LogP contribution in [0.15, 0.2) is 46.4 Å². The Balaban J connectivity index is 1.76. The third kappa shape index (κ3) is 3.25. The number of aryl methyl sites for hydroxylation is 1. The number of rotatable bonds is 5. The summed E-state index contributed by atoms with van der Waals surface area (Å²) in [5.74, 6) is 0.203. The fourth-order valence-corrected chi connectivity index (χ4v) is 3.02. The molecule has 2 aromatic heterocycles. The maximum Gasteiger partial charge on any atom is 0.306 e. The first-order valence-corrected chi connectivity index (χ1v) is 8.69. The van der Waals surface area contributed by atoms with E-state index >= 15 is 0 Å². The van der Waals surface area contributed by atoms with E-state index in [4.69, 9.17) is 4.74 Å². The van der Waals surface area contributed by atoms with E-state index in [0.717, 1.165) is 17.7 Å². The number of fused-ring (bicyclic) bond motifs is 1. The van der Waals surface area contributed by atoms with Crippen molar-refractivity contribution in [1.29, 1.82) is 0 Å².